The average Bonchev–Trinajstić information content (AvgIpc) is 3.32. The third kappa shape index (κ3) is 10.0. The summed E-state index contributed by atoms with van der Waals surface area (Å²) < 4.78 is 0. The van der Waals surface area contributed by atoms with Crippen LogP contribution in [0.5, 0.6) is 0 Å². The molecule has 356 valence electrons. The fourth-order valence-corrected chi connectivity index (χ4v) is 13.9. The Morgan fingerprint density at radius 2 is 0.559 bits per heavy atom. The van der Waals surface area contributed by atoms with Crippen molar-refractivity contribution in [2.45, 2.75) is 208 Å². The number of rotatable bonds is 11. The van der Waals surface area contributed by atoms with Gasteiger partial charge in [-0.05, 0) is 261 Å². The van der Waals surface area contributed by atoms with Gasteiger partial charge in [-0.1, -0.05) is 143 Å². The maximum absolute atomic E-state index is 2.70. The van der Waals surface area contributed by atoms with E-state index in [1.165, 1.54) is 202 Å². The first kappa shape index (κ1) is 48.3. The molecule has 9 rings (SSSR count). The molecule has 6 aromatic carbocycles. The minimum atomic E-state index is 0.167. The summed E-state index contributed by atoms with van der Waals surface area (Å²) in [4.78, 5) is 0. The molecule has 0 bridgehead atoms. The molecule has 0 radical (unpaired) electrons. The van der Waals surface area contributed by atoms with Crippen LogP contribution < -0.4 is 0 Å². The lowest BCUT2D eigenvalue weighted by Gasteiger charge is -2.31. The van der Waals surface area contributed by atoms with Crippen molar-refractivity contribution >= 4 is 0 Å². The van der Waals surface area contributed by atoms with E-state index < -0.39 is 0 Å². The van der Waals surface area contributed by atoms with Crippen molar-refractivity contribution in [2.75, 3.05) is 0 Å². The molecule has 3 aliphatic carbocycles. The van der Waals surface area contributed by atoms with Crippen molar-refractivity contribution in [2.24, 2.45) is 0 Å². The first-order chi connectivity index (χ1) is 32.7. The monoisotopic (exact) mass is 901 g/mol. The Balaban J connectivity index is 1.17. The predicted molar refractivity (Wildman–Crippen MR) is 293 cm³/mol. The summed E-state index contributed by atoms with van der Waals surface area (Å²) in [5.41, 5.74) is 32.2. The maximum atomic E-state index is 2.70. The van der Waals surface area contributed by atoms with Gasteiger partial charge in [0.25, 0.3) is 0 Å². The van der Waals surface area contributed by atoms with E-state index in [2.05, 4.69) is 161 Å². The number of hydrogen-bond donors (Lipinski definition) is 0. The van der Waals surface area contributed by atoms with Crippen molar-refractivity contribution in [1.29, 1.82) is 0 Å². The Kier molecular flexibility index (Phi) is 14.7. The fraction of sp³-hybridized carbons (Fsp3) is 0.471. The number of benzene rings is 6. The van der Waals surface area contributed by atoms with Gasteiger partial charge in [-0.15, -0.1) is 0 Å². The Hall–Kier alpha value is -4.68. The highest BCUT2D eigenvalue weighted by molar-refractivity contribution is 5.58. The molecule has 0 aromatic heterocycles. The zero-order valence-corrected chi connectivity index (χ0v) is 44.3. The van der Waals surface area contributed by atoms with Gasteiger partial charge in [0, 0.05) is 11.8 Å². The molecule has 0 amide bonds. The van der Waals surface area contributed by atoms with Gasteiger partial charge in [0.2, 0.25) is 0 Å². The van der Waals surface area contributed by atoms with Crippen LogP contribution in [0.1, 0.15) is 248 Å². The third-order valence-corrected chi connectivity index (χ3v) is 17.9. The van der Waals surface area contributed by atoms with Crippen LogP contribution in [-0.4, -0.2) is 0 Å². The maximum Gasteiger partial charge on any atom is 0.0348 e. The van der Waals surface area contributed by atoms with Gasteiger partial charge >= 0.3 is 0 Å². The molecule has 0 aliphatic heterocycles. The van der Waals surface area contributed by atoms with Crippen molar-refractivity contribution in [3.63, 3.8) is 0 Å². The van der Waals surface area contributed by atoms with Crippen molar-refractivity contribution in [1.82, 2.24) is 0 Å². The molecule has 0 nitrogen and oxygen atoms in total. The van der Waals surface area contributed by atoms with Gasteiger partial charge in [0.15, 0.2) is 0 Å². The molecule has 0 heteroatoms. The molecule has 1 unspecified atom stereocenters. The van der Waals surface area contributed by atoms with E-state index in [9.17, 15) is 0 Å². The normalized spacial score (nSPS) is 17.0. The summed E-state index contributed by atoms with van der Waals surface area (Å²) in [6.45, 7) is 26.0. The summed E-state index contributed by atoms with van der Waals surface area (Å²) in [6, 6.07) is 35.6. The van der Waals surface area contributed by atoms with E-state index in [1.807, 2.05) is 0 Å². The lowest BCUT2D eigenvalue weighted by atomic mass is 9.73. The van der Waals surface area contributed by atoms with Gasteiger partial charge in [-0.25, -0.2) is 0 Å². The third-order valence-electron chi connectivity index (χ3n) is 17.9. The van der Waals surface area contributed by atoms with E-state index in [-0.39, 0.29) is 11.8 Å². The first-order valence-electron chi connectivity index (χ1n) is 27.3. The molecule has 3 saturated carbocycles. The SMILES string of the molecule is Cc1cc(C)c(C(c2cc(Cc3ccc(C)c(C(c4cc(C5CCCCC5)c(C)cc4C)c4cc(C5CCCCC5)c(C)cc4C)c3)ccc2C)c2cc(C3CCCCC3)c(C)cc2C)cc1C. The standard InChI is InChI=1S/C68H84/c1-42-27-29-53(37-62(42)67(61-35-45(4)44(3)31-49(61)8)64-39-58(46(5)32-50(64)9)55-21-15-12-16-22-55)36-54-30-28-43(2)63(38-54)68(65-40-59(47(6)33-51(65)10)56-23-17-13-18-24-56)66-41-60(48(7)34-52(66)11)57-25-19-14-20-26-57/h27-35,37-41,55-57,67-68H,12-26,36H2,1-11H3. The van der Waals surface area contributed by atoms with E-state index >= 15 is 0 Å². The molecule has 68 heavy (non-hydrogen) atoms. The minimum Gasteiger partial charge on any atom is -0.0587 e. The largest absolute Gasteiger partial charge is 0.0587 e. The fourth-order valence-electron chi connectivity index (χ4n) is 13.9. The van der Waals surface area contributed by atoms with Gasteiger partial charge in [0.05, 0.1) is 0 Å². The highest BCUT2D eigenvalue weighted by atomic mass is 14.3. The highest BCUT2D eigenvalue weighted by Gasteiger charge is 2.30. The van der Waals surface area contributed by atoms with Crippen LogP contribution >= 0.6 is 0 Å². The van der Waals surface area contributed by atoms with Crippen LogP contribution in [0.2, 0.25) is 0 Å². The first-order valence-corrected chi connectivity index (χ1v) is 27.3. The second-order valence-corrected chi connectivity index (χ2v) is 22.9. The number of aryl methyl sites for hydroxylation is 11. The Labute approximate surface area is 413 Å². The van der Waals surface area contributed by atoms with Crippen LogP contribution in [0.25, 0.3) is 0 Å². The van der Waals surface area contributed by atoms with Crippen LogP contribution in [0, 0.1) is 76.2 Å². The Morgan fingerprint density at radius 1 is 0.279 bits per heavy atom. The molecule has 0 saturated heterocycles. The van der Waals surface area contributed by atoms with Crippen LogP contribution in [0.15, 0.2) is 84.9 Å². The molecule has 0 N–H and O–H groups in total. The lowest BCUT2D eigenvalue weighted by molar-refractivity contribution is 0.442. The van der Waals surface area contributed by atoms with Gasteiger partial charge in [-0.2, -0.15) is 0 Å². The molecule has 3 aliphatic rings. The molecule has 3 fully saturated rings. The van der Waals surface area contributed by atoms with E-state index in [0.717, 1.165) is 6.42 Å². The summed E-state index contributed by atoms with van der Waals surface area (Å²) in [7, 11) is 0. The summed E-state index contributed by atoms with van der Waals surface area (Å²) in [6.07, 6.45) is 21.1. The van der Waals surface area contributed by atoms with Crippen LogP contribution in [0.3, 0.4) is 0 Å². The predicted octanol–water partition coefficient (Wildman–Crippen LogP) is 19.2. The molecule has 0 heterocycles. The molecule has 0 spiro atoms. The van der Waals surface area contributed by atoms with E-state index in [4.69, 9.17) is 0 Å². The summed E-state index contributed by atoms with van der Waals surface area (Å²) in [5.74, 6) is 2.35. The smallest absolute Gasteiger partial charge is 0.0348 e. The van der Waals surface area contributed by atoms with Crippen LogP contribution in [-0.2, 0) is 6.42 Å². The summed E-state index contributed by atoms with van der Waals surface area (Å²) in [5, 5.41) is 0. The highest BCUT2D eigenvalue weighted by Crippen LogP contribution is 2.46. The van der Waals surface area contributed by atoms with Gasteiger partial charge in [0.1, 0.15) is 0 Å². The topological polar surface area (TPSA) is 0 Å². The van der Waals surface area contributed by atoms with E-state index in [1.54, 1.807) is 16.7 Å². The van der Waals surface area contributed by atoms with Gasteiger partial charge in [-0.3, -0.25) is 0 Å². The second kappa shape index (κ2) is 20.7. The van der Waals surface area contributed by atoms with Crippen molar-refractivity contribution in [3.05, 3.63) is 207 Å². The summed E-state index contributed by atoms with van der Waals surface area (Å²) >= 11 is 0. The molecule has 6 aromatic rings. The van der Waals surface area contributed by atoms with Crippen molar-refractivity contribution in [3.8, 4) is 0 Å². The zero-order chi connectivity index (χ0) is 47.8. The zero-order valence-electron chi connectivity index (χ0n) is 44.3. The average molecular weight is 901 g/mol. The van der Waals surface area contributed by atoms with Gasteiger partial charge < -0.3 is 0 Å². The minimum absolute atomic E-state index is 0.167. The Bertz CT molecular complexity index is 2700. The van der Waals surface area contributed by atoms with Crippen LogP contribution in [0.4, 0.5) is 0 Å². The molecular formula is C68H84. The quantitative estimate of drug-likeness (QED) is 0.114. The molecule has 1 atom stereocenters. The Morgan fingerprint density at radius 3 is 0.897 bits per heavy atom. The molecular weight excluding hydrogens is 817 g/mol. The second-order valence-electron chi connectivity index (χ2n) is 22.9. The van der Waals surface area contributed by atoms with E-state index in [0.29, 0.717) is 17.8 Å². The van der Waals surface area contributed by atoms with Crippen molar-refractivity contribution < 1.29 is 0 Å². The lowest BCUT2D eigenvalue weighted by Crippen LogP contribution is -2.14. The number of hydrogen-bond acceptors (Lipinski definition) is 0.